The average molecular weight is 369 g/mol. The fraction of sp³-hybridized carbons (Fsp3) is 0.133. The molecule has 2 heterocycles. The number of halogens is 3. The molecule has 10 heteroatoms. The summed E-state index contributed by atoms with van der Waals surface area (Å²) in [6.45, 7) is -0.526. The van der Waals surface area contributed by atoms with Gasteiger partial charge in [-0.15, -0.1) is 11.3 Å². The maximum atomic E-state index is 13.0. The lowest BCUT2D eigenvalue weighted by Gasteiger charge is -2.13. The van der Waals surface area contributed by atoms with Gasteiger partial charge in [-0.05, 0) is 23.6 Å². The molecular formula is C15H10F3N3O3S. The first-order chi connectivity index (χ1) is 11.9. The molecule has 1 amide bonds. The van der Waals surface area contributed by atoms with Crippen LogP contribution >= 0.6 is 11.3 Å². The predicted molar refractivity (Wildman–Crippen MR) is 84.1 cm³/mol. The summed E-state index contributed by atoms with van der Waals surface area (Å²) in [6, 6.07) is 7.99. The van der Waals surface area contributed by atoms with Crippen molar-refractivity contribution in [1.82, 2.24) is 9.72 Å². The van der Waals surface area contributed by atoms with Crippen LogP contribution in [0.5, 0.6) is 0 Å². The Bertz CT molecular complexity index is 945. The highest BCUT2D eigenvalue weighted by Gasteiger charge is 2.33. The van der Waals surface area contributed by atoms with Crippen LogP contribution in [0, 0.1) is 0 Å². The number of hydrogen-bond acceptors (Lipinski definition) is 5. The molecule has 0 bridgehead atoms. The minimum Gasteiger partial charge on any atom is -0.324 e. The van der Waals surface area contributed by atoms with Gasteiger partial charge in [-0.25, -0.2) is 9.36 Å². The zero-order valence-corrected chi connectivity index (χ0v) is 13.2. The summed E-state index contributed by atoms with van der Waals surface area (Å²) in [4.78, 5) is 24.4. The summed E-state index contributed by atoms with van der Waals surface area (Å²) in [7, 11) is 0. The molecule has 25 heavy (non-hydrogen) atoms. The average Bonchev–Trinajstić information content (AvgIpc) is 3.18. The van der Waals surface area contributed by atoms with Crippen LogP contribution in [0.3, 0.4) is 0 Å². The predicted octanol–water partition coefficient (Wildman–Crippen LogP) is 3.22. The van der Waals surface area contributed by atoms with E-state index in [1.54, 1.807) is 17.5 Å². The van der Waals surface area contributed by atoms with Gasteiger partial charge in [0.1, 0.15) is 6.54 Å². The van der Waals surface area contributed by atoms with E-state index in [-0.39, 0.29) is 11.5 Å². The third kappa shape index (κ3) is 3.63. The van der Waals surface area contributed by atoms with E-state index in [0.717, 1.165) is 16.7 Å². The van der Waals surface area contributed by atoms with E-state index in [2.05, 4.69) is 15.0 Å². The van der Waals surface area contributed by atoms with Crippen LogP contribution in [0.15, 0.2) is 51.1 Å². The third-order valence-corrected chi connectivity index (χ3v) is 4.10. The summed E-state index contributed by atoms with van der Waals surface area (Å²) in [5.41, 5.74) is -1.36. The second kappa shape index (κ2) is 6.55. The quantitative estimate of drug-likeness (QED) is 0.766. The number of rotatable bonds is 4. The lowest BCUT2D eigenvalue weighted by molar-refractivity contribution is -0.137. The van der Waals surface area contributed by atoms with Crippen molar-refractivity contribution >= 4 is 22.9 Å². The number of anilines is 1. The number of nitrogens with one attached hydrogen (secondary N) is 1. The molecule has 0 atom stereocenters. The Morgan fingerprint density at radius 3 is 2.68 bits per heavy atom. The topological polar surface area (TPSA) is 77.1 Å². The number of carbonyl (C=O) groups excluding carboxylic acids is 1. The summed E-state index contributed by atoms with van der Waals surface area (Å²) >= 11 is 1.28. The van der Waals surface area contributed by atoms with Gasteiger partial charge in [0, 0.05) is 0 Å². The Morgan fingerprint density at radius 1 is 1.24 bits per heavy atom. The Labute approximate surface area is 142 Å². The first-order valence-corrected chi connectivity index (χ1v) is 7.80. The van der Waals surface area contributed by atoms with E-state index in [4.69, 9.17) is 0 Å². The third-order valence-electron chi connectivity index (χ3n) is 3.24. The number of thiophene rings is 1. The fourth-order valence-corrected chi connectivity index (χ4v) is 2.88. The first kappa shape index (κ1) is 17.0. The molecule has 0 aliphatic rings. The van der Waals surface area contributed by atoms with Crippen molar-refractivity contribution in [3.05, 3.63) is 57.9 Å². The maximum Gasteiger partial charge on any atom is 0.442 e. The van der Waals surface area contributed by atoms with Crippen LogP contribution in [0.4, 0.5) is 18.9 Å². The normalized spacial score (nSPS) is 11.5. The molecule has 0 saturated carbocycles. The first-order valence-electron chi connectivity index (χ1n) is 6.93. The van der Waals surface area contributed by atoms with Crippen LogP contribution < -0.4 is 11.1 Å². The van der Waals surface area contributed by atoms with Gasteiger partial charge in [0.2, 0.25) is 5.91 Å². The van der Waals surface area contributed by atoms with E-state index < -0.39 is 29.9 Å². The number of para-hydroxylation sites is 1. The lowest BCUT2D eigenvalue weighted by Crippen LogP contribution is -2.26. The Morgan fingerprint density at radius 2 is 2.00 bits per heavy atom. The zero-order valence-electron chi connectivity index (χ0n) is 12.4. The summed E-state index contributed by atoms with van der Waals surface area (Å²) < 4.78 is 44.4. The summed E-state index contributed by atoms with van der Waals surface area (Å²) in [6.07, 6.45) is -4.61. The van der Waals surface area contributed by atoms with Gasteiger partial charge in [0.25, 0.3) is 0 Å². The minimum atomic E-state index is -4.61. The molecule has 0 radical (unpaired) electrons. The largest absolute Gasteiger partial charge is 0.442 e. The van der Waals surface area contributed by atoms with E-state index in [1.807, 2.05) is 0 Å². The molecular weight excluding hydrogens is 359 g/mol. The molecule has 3 aromatic rings. The SMILES string of the molecule is O=C(Cn1c(-c2cccs2)noc1=O)Nc1ccccc1C(F)(F)F. The van der Waals surface area contributed by atoms with Crippen LogP contribution in [0.2, 0.25) is 0 Å². The second-order valence-corrected chi connectivity index (χ2v) is 5.87. The second-order valence-electron chi connectivity index (χ2n) is 4.93. The van der Waals surface area contributed by atoms with Crippen LogP contribution in [0.25, 0.3) is 10.7 Å². The molecule has 130 valence electrons. The zero-order chi connectivity index (χ0) is 18.0. The standard InChI is InChI=1S/C15H10F3N3O3S/c16-15(17,18)9-4-1-2-5-10(9)19-12(22)8-21-13(20-24-14(21)23)11-6-3-7-25-11/h1-7H,8H2,(H,19,22). The Balaban J connectivity index is 1.84. The highest BCUT2D eigenvalue weighted by atomic mass is 32.1. The molecule has 0 unspecified atom stereocenters. The lowest BCUT2D eigenvalue weighted by atomic mass is 10.1. The number of amides is 1. The van der Waals surface area contributed by atoms with Gasteiger partial charge in [0.05, 0.1) is 16.1 Å². The van der Waals surface area contributed by atoms with Gasteiger partial charge in [0.15, 0.2) is 5.82 Å². The number of nitrogens with zero attached hydrogens (tertiary/aromatic N) is 2. The van der Waals surface area contributed by atoms with Gasteiger partial charge in [-0.1, -0.05) is 23.4 Å². The molecule has 0 aliphatic heterocycles. The fourth-order valence-electron chi connectivity index (χ4n) is 2.16. The van der Waals surface area contributed by atoms with E-state index in [9.17, 15) is 22.8 Å². The number of hydrogen-bond donors (Lipinski definition) is 1. The summed E-state index contributed by atoms with van der Waals surface area (Å²) in [5, 5.41) is 7.52. The van der Waals surface area contributed by atoms with Crippen molar-refractivity contribution in [3.8, 4) is 10.7 Å². The highest BCUT2D eigenvalue weighted by Crippen LogP contribution is 2.34. The number of benzene rings is 1. The number of alkyl halides is 3. The number of carbonyl (C=O) groups is 1. The van der Waals surface area contributed by atoms with Crippen molar-refractivity contribution in [1.29, 1.82) is 0 Å². The molecule has 0 aliphatic carbocycles. The van der Waals surface area contributed by atoms with Crippen molar-refractivity contribution in [3.63, 3.8) is 0 Å². The molecule has 0 fully saturated rings. The summed E-state index contributed by atoms with van der Waals surface area (Å²) in [5.74, 6) is -1.54. The number of aromatic nitrogens is 2. The Hall–Kier alpha value is -2.88. The van der Waals surface area contributed by atoms with Gasteiger partial charge in [-0.3, -0.25) is 9.32 Å². The van der Waals surface area contributed by atoms with Crippen molar-refractivity contribution in [2.45, 2.75) is 12.7 Å². The van der Waals surface area contributed by atoms with Crippen LogP contribution in [0.1, 0.15) is 5.56 Å². The van der Waals surface area contributed by atoms with Gasteiger partial charge in [-0.2, -0.15) is 13.2 Å². The van der Waals surface area contributed by atoms with Crippen LogP contribution in [-0.4, -0.2) is 15.6 Å². The van der Waals surface area contributed by atoms with Crippen molar-refractivity contribution < 1.29 is 22.5 Å². The van der Waals surface area contributed by atoms with Gasteiger partial charge < -0.3 is 5.32 Å². The molecule has 1 aromatic carbocycles. The van der Waals surface area contributed by atoms with E-state index in [1.165, 1.54) is 23.5 Å². The molecule has 6 nitrogen and oxygen atoms in total. The van der Waals surface area contributed by atoms with Crippen LogP contribution in [-0.2, 0) is 17.5 Å². The van der Waals surface area contributed by atoms with Crippen molar-refractivity contribution in [2.24, 2.45) is 0 Å². The Kier molecular flexibility index (Phi) is 4.45. The molecule has 1 N–H and O–H groups in total. The molecule has 3 rings (SSSR count). The molecule has 0 spiro atoms. The van der Waals surface area contributed by atoms with E-state index in [0.29, 0.717) is 4.88 Å². The monoisotopic (exact) mass is 369 g/mol. The minimum absolute atomic E-state index is 0.138. The van der Waals surface area contributed by atoms with Gasteiger partial charge >= 0.3 is 11.9 Å². The van der Waals surface area contributed by atoms with E-state index >= 15 is 0 Å². The molecule has 2 aromatic heterocycles. The maximum absolute atomic E-state index is 13.0. The molecule has 0 saturated heterocycles. The smallest absolute Gasteiger partial charge is 0.324 e. The van der Waals surface area contributed by atoms with Crippen molar-refractivity contribution in [2.75, 3.05) is 5.32 Å². The highest BCUT2D eigenvalue weighted by molar-refractivity contribution is 7.13.